The molecule has 0 saturated carbocycles. The molecule has 36 valence electrons. The monoisotopic (exact) mass is 86.1 g/mol. The van der Waals surface area contributed by atoms with Crippen molar-refractivity contribution in [2.45, 2.75) is 0 Å². The van der Waals surface area contributed by atoms with Crippen molar-refractivity contribution < 1.29 is 0 Å². The fourth-order valence-corrected chi connectivity index (χ4v) is 0.231. The minimum Gasteiger partial charge on any atom is -0.369 e. The second-order valence-electron chi connectivity index (χ2n) is 1.34. The number of hydrogen-bond donors (Lipinski definition) is 0. The molecule has 0 rings (SSSR count). The smallest absolute Gasteiger partial charge is 0.0841 e. The average Bonchev–Trinajstić information content (AvgIpc) is 1.35. The van der Waals surface area contributed by atoms with Crippen LogP contribution in [0.25, 0.3) is 0 Å². The lowest BCUT2D eigenvalue weighted by atomic mass is 10.9. The van der Waals surface area contributed by atoms with Crippen molar-refractivity contribution in [2.75, 3.05) is 21.1 Å². The van der Waals surface area contributed by atoms with Crippen molar-refractivity contribution in [3.05, 3.63) is 0 Å². The summed E-state index contributed by atoms with van der Waals surface area (Å²) in [5.74, 6) is 0. The maximum Gasteiger partial charge on any atom is 0.0841 e. The van der Waals surface area contributed by atoms with Gasteiger partial charge < -0.3 is 4.90 Å². The summed E-state index contributed by atoms with van der Waals surface area (Å²) in [5.41, 5.74) is 0. The first-order chi connectivity index (χ1) is 2.77. The van der Waals surface area contributed by atoms with Crippen molar-refractivity contribution in [2.24, 2.45) is 4.99 Å². The predicted octanol–water partition coefficient (Wildman–Crippen LogP) is 0.206. The van der Waals surface area contributed by atoms with E-state index in [-0.39, 0.29) is 0 Å². The van der Waals surface area contributed by atoms with Gasteiger partial charge in [-0.1, -0.05) is 0 Å². The summed E-state index contributed by atoms with van der Waals surface area (Å²) in [6, 6.07) is 0. The molecule has 0 bridgehead atoms. The highest BCUT2D eigenvalue weighted by Crippen LogP contribution is 1.59. The first-order valence-electron chi connectivity index (χ1n) is 1.86. The van der Waals surface area contributed by atoms with Crippen LogP contribution in [-0.4, -0.2) is 32.4 Å². The topological polar surface area (TPSA) is 15.6 Å². The van der Waals surface area contributed by atoms with Gasteiger partial charge in [-0.25, -0.2) is 0 Å². The lowest BCUT2D eigenvalue weighted by Gasteiger charge is -1.98. The summed E-state index contributed by atoms with van der Waals surface area (Å²) in [6.45, 7) is 0. The van der Waals surface area contributed by atoms with Crippen LogP contribution in [-0.2, 0) is 0 Å². The third-order valence-corrected chi connectivity index (χ3v) is 0.346. The van der Waals surface area contributed by atoms with Crippen LogP contribution < -0.4 is 0 Å². The first-order valence-corrected chi connectivity index (χ1v) is 1.86. The molecule has 0 unspecified atom stereocenters. The van der Waals surface area contributed by atoms with E-state index in [1.165, 1.54) is 0 Å². The van der Waals surface area contributed by atoms with E-state index in [1.54, 1.807) is 13.4 Å². The molecule has 2 nitrogen and oxygen atoms in total. The van der Waals surface area contributed by atoms with E-state index in [0.717, 1.165) is 0 Å². The Kier molecular flexibility index (Phi) is 2.46. The second-order valence-corrected chi connectivity index (χ2v) is 1.34. The number of hydrogen-bond acceptors (Lipinski definition) is 1. The fourth-order valence-electron chi connectivity index (χ4n) is 0.231. The van der Waals surface area contributed by atoms with E-state index in [2.05, 4.69) is 4.99 Å². The molecule has 0 radical (unpaired) electrons. The molecule has 0 heterocycles. The van der Waals surface area contributed by atoms with E-state index in [9.17, 15) is 0 Å². The van der Waals surface area contributed by atoms with Crippen LogP contribution in [0.1, 0.15) is 0 Å². The van der Waals surface area contributed by atoms with Crippen molar-refractivity contribution in [3.8, 4) is 0 Å². The maximum atomic E-state index is 3.74. The summed E-state index contributed by atoms with van der Waals surface area (Å²) in [5, 5.41) is 0. The molecule has 0 spiro atoms. The summed E-state index contributed by atoms with van der Waals surface area (Å²) >= 11 is 0. The van der Waals surface area contributed by atoms with Gasteiger partial charge in [0, 0.05) is 21.1 Å². The van der Waals surface area contributed by atoms with Crippen LogP contribution in [0.3, 0.4) is 0 Å². The Morgan fingerprint density at radius 3 is 2.00 bits per heavy atom. The van der Waals surface area contributed by atoms with Crippen molar-refractivity contribution >= 4 is 6.34 Å². The Hall–Kier alpha value is -0.530. The molecule has 0 aromatic heterocycles. The van der Waals surface area contributed by atoms with Gasteiger partial charge >= 0.3 is 0 Å². The van der Waals surface area contributed by atoms with Gasteiger partial charge in [-0.15, -0.1) is 0 Å². The van der Waals surface area contributed by atoms with Crippen LogP contribution in [0, 0.1) is 0 Å². The SMILES string of the molecule is C/N=C/N(C)C. The van der Waals surface area contributed by atoms with Crippen molar-refractivity contribution in [1.82, 2.24) is 4.90 Å². The van der Waals surface area contributed by atoms with Crippen LogP contribution in [0.5, 0.6) is 0 Å². The molecule has 0 atom stereocenters. The molecule has 0 aliphatic carbocycles. The summed E-state index contributed by atoms with van der Waals surface area (Å²) in [4.78, 5) is 5.62. The minimum atomic E-state index is 1.75. The molecular formula is C4H10N2. The Morgan fingerprint density at radius 1 is 1.50 bits per heavy atom. The molecule has 0 fully saturated rings. The van der Waals surface area contributed by atoms with E-state index in [0.29, 0.717) is 0 Å². The summed E-state index contributed by atoms with van der Waals surface area (Å²) in [6.07, 6.45) is 1.75. The molecule has 6 heavy (non-hydrogen) atoms. The van der Waals surface area contributed by atoms with Crippen LogP contribution in [0.2, 0.25) is 0 Å². The maximum absolute atomic E-state index is 3.74. The van der Waals surface area contributed by atoms with Gasteiger partial charge in [-0.3, -0.25) is 4.99 Å². The van der Waals surface area contributed by atoms with Crippen LogP contribution >= 0.6 is 0 Å². The summed E-state index contributed by atoms with van der Waals surface area (Å²) in [7, 11) is 5.62. The van der Waals surface area contributed by atoms with Crippen LogP contribution in [0.4, 0.5) is 0 Å². The number of rotatable bonds is 1. The summed E-state index contributed by atoms with van der Waals surface area (Å²) < 4.78 is 0. The highest BCUT2D eigenvalue weighted by Gasteiger charge is 1.67. The van der Waals surface area contributed by atoms with Crippen molar-refractivity contribution in [3.63, 3.8) is 0 Å². The number of nitrogens with zero attached hydrogens (tertiary/aromatic N) is 2. The average molecular weight is 86.1 g/mol. The standard InChI is InChI=1S/C4H10N2/c1-5-4-6(2)3/h4H,1-3H3/b5-4+. The van der Waals surface area contributed by atoms with Gasteiger partial charge in [0.25, 0.3) is 0 Å². The van der Waals surface area contributed by atoms with Gasteiger partial charge in [-0.2, -0.15) is 0 Å². The Morgan fingerprint density at radius 2 is 2.00 bits per heavy atom. The van der Waals surface area contributed by atoms with Gasteiger partial charge in [0.05, 0.1) is 6.34 Å². The lowest BCUT2D eigenvalue weighted by molar-refractivity contribution is 0.642. The van der Waals surface area contributed by atoms with Gasteiger partial charge in [0.2, 0.25) is 0 Å². The van der Waals surface area contributed by atoms with Crippen LogP contribution in [0.15, 0.2) is 4.99 Å². The molecule has 0 saturated heterocycles. The van der Waals surface area contributed by atoms with Gasteiger partial charge in [0.15, 0.2) is 0 Å². The van der Waals surface area contributed by atoms with E-state index < -0.39 is 0 Å². The molecular weight excluding hydrogens is 76.1 g/mol. The van der Waals surface area contributed by atoms with Gasteiger partial charge in [-0.05, 0) is 0 Å². The Balaban J connectivity index is 3.03. The van der Waals surface area contributed by atoms with E-state index >= 15 is 0 Å². The Labute approximate surface area is 38.5 Å². The molecule has 0 N–H and O–H groups in total. The minimum absolute atomic E-state index is 1.75. The molecule has 0 aromatic rings. The third-order valence-electron chi connectivity index (χ3n) is 0.346. The molecule has 0 aliphatic heterocycles. The molecule has 0 aliphatic rings. The highest BCUT2D eigenvalue weighted by atomic mass is 15.1. The lowest BCUT2D eigenvalue weighted by Crippen LogP contribution is -2.06. The molecule has 2 heteroatoms. The second kappa shape index (κ2) is 2.69. The quantitative estimate of drug-likeness (QED) is 0.329. The largest absolute Gasteiger partial charge is 0.369 e. The first kappa shape index (κ1) is 5.47. The normalized spacial score (nSPS) is 9.83. The van der Waals surface area contributed by atoms with E-state index in [1.807, 2.05) is 19.0 Å². The zero-order valence-corrected chi connectivity index (χ0v) is 4.47. The molecule has 0 aromatic carbocycles. The van der Waals surface area contributed by atoms with Crippen molar-refractivity contribution in [1.29, 1.82) is 0 Å². The third kappa shape index (κ3) is 3.47. The zero-order chi connectivity index (χ0) is 4.99. The molecule has 0 amide bonds. The zero-order valence-electron chi connectivity index (χ0n) is 4.47. The predicted molar refractivity (Wildman–Crippen MR) is 28.1 cm³/mol. The van der Waals surface area contributed by atoms with E-state index in [4.69, 9.17) is 0 Å². The van der Waals surface area contributed by atoms with Gasteiger partial charge in [0.1, 0.15) is 0 Å². The fraction of sp³-hybridized carbons (Fsp3) is 0.750. The Bertz CT molecular complexity index is 47.5. The highest BCUT2D eigenvalue weighted by molar-refractivity contribution is 5.53. The number of aliphatic imine (C=N–C) groups is 1.